The van der Waals surface area contributed by atoms with E-state index in [4.69, 9.17) is 10.8 Å². The summed E-state index contributed by atoms with van der Waals surface area (Å²) in [6, 6.07) is 2.39. The second-order valence-electron chi connectivity index (χ2n) is 3.22. The first kappa shape index (κ1) is 12.0. The molecule has 0 aliphatic carbocycles. The average Bonchev–Trinajstić information content (AvgIpc) is 2.20. The Morgan fingerprint density at radius 3 is 2.67 bits per heavy atom. The SMILES string of the molecule is CC[C@@H](N)c1cc(C(=O)O)cc(Br)c1O. The Labute approximate surface area is 95.8 Å². The molecule has 4 nitrogen and oxygen atoms in total. The lowest BCUT2D eigenvalue weighted by molar-refractivity contribution is 0.0696. The second-order valence-corrected chi connectivity index (χ2v) is 4.07. The highest BCUT2D eigenvalue weighted by Gasteiger charge is 2.15. The highest BCUT2D eigenvalue weighted by Crippen LogP contribution is 2.33. The first-order valence-electron chi connectivity index (χ1n) is 4.48. The van der Waals surface area contributed by atoms with Crippen LogP contribution in [0.15, 0.2) is 16.6 Å². The Balaban J connectivity index is 3.31. The van der Waals surface area contributed by atoms with Crippen molar-refractivity contribution in [1.29, 1.82) is 0 Å². The predicted molar refractivity (Wildman–Crippen MR) is 60.0 cm³/mol. The maximum atomic E-state index is 10.8. The second kappa shape index (κ2) is 4.63. The number of rotatable bonds is 3. The number of aromatic hydroxyl groups is 1. The maximum absolute atomic E-state index is 10.8. The number of benzene rings is 1. The molecule has 0 amide bonds. The number of carboxylic acids is 1. The zero-order valence-corrected chi connectivity index (χ0v) is 9.78. The number of halogens is 1. The molecule has 1 atom stereocenters. The molecule has 5 heteroatoms. The molecule has 0 unspecified atom stereocenters. The van der Waals surface area contributed by atoms with Gasteiger partial charge in [-0.05, 0) is 34.5 Å². The maximum Gasteiger partial charge on any atom is 0.335 e. The molecule has 0 radical (unpaired) electrons. The highest BCUT2D eigenvalue weighted by molar-refractivity contribution is 9.10. The van der Waals surface area contributed by atoms with Crippen LogP contribution >= 0.6 is 15.9 Å². The Hall–Kier alpha value is -1.07. The average molecular weight is 274 g/mol. The number of carbonyl (C=O) groups is 1. The van der Waals surface area contributed by atoms with Gasteiger partial charge < -0.3 is 15.9 Å². The molecule has 82 valence electrons. The van der Waals surface area contributed by atoms with E-state index in [0.717, 1.165) is 0 Å². The molecule has 1 rings (SSSR count). The van der Waals surface area contributed by atoms with Crippen molar-refractivity contribution >= 4 is 21.9 Å². The molecule has 0 bridgehead atoms. The van der Waals surface area contributed by atoms with Crippen LogP contribution in [-0.4, -0.2) is 16.2 Å². The number of phenolic OH excluding ortho intramolecular Hbond substituents is 1. The quantitative estimate of drug-likeness (QED) is 0.789. The molecule has 0 spiro atoms. The van der Waals surface area contributed by atoms with Gasteiger partial charge in [0, 0.05) is 11.6 Å². The summed E-state index contributed by atoms with van der Waals surface area (Å²) in [5, 5.41) is 18.5. The van der Waals surface area contributed by atoms with Crippen molar-refractivity contribution in [3.63, 3.8) is 0 Å². The van der Waals surface area contributed by atoms with Gasteiger partial charge in [0.05, 0.1) is 10.0 Å². The van der Waals surface area contributed by atoms with Gasteiger partial charge in [-0.1, -0.05) is 6.92 Å². The molecule has 1 aromatic carbocycles. The number of aromatic carboxylic acids is 1. The third-order valence-electron chi connectivity index (χ3n) is 2.18. The van der Waals surface area contributed by atoms with Gasteiger partial charge >= 0.3 is 5.97 Å². The Bertz CT molecular complexity index is 392. The lowest BCUT2D eigenvalue weighted by Gasteiger charge is -2.13. The first-order chi connectivity index (χ1) is 6.97. The van der Waals surface area contributed by atoms with Crippen molar-refractivity contribution in [2.24, 2.45) is 5.73 Å². The fourth-order valence-corrected chi connectivity index (χ4v) is 1.72. The smallest absolute Gasteiger partial charge is 0.335 e. The molecule has 0 saturated heterocycles. The van der Waals surface area contributed by atoms with E-state index in [-0.39, 0.29) is 17.4 Å². The molecule has 0 fully saturated rings. The minimum Gasteiger partial charge on any atom is -0.506 e. The Kier molecular flexibility index (Phi) is 3.71. The van der Waals surface area contributed by atoms with E-state index in [1.807, 2.05) is 6.92 Å². The van der Waals surface area contributed by atoms with Crippen LogP contribution in [0.25, 0.3) is 0 Å². The highest BCUT2D eigenvalue weighted by atomic mass is 79.9. The minimum atomic E-state index is -1.04. The van der Waals surface area contributed by atoms with Crippen LogP contribution in [0.5, 0.6) is 5.75 Å². The van der Waals surface area contributed by atoms with Crippen LogP contribution in [0.2, 0.25) is 0 Å². The largest absolute Gasteiger partial charge is 0.506 e. The predicted octanol–water partition coefficient (Wildman–Crippen LogP) is 2.26. The Morgan fingerprint density at radius 1 is 1.60 bits per heavy atom. The summed E-state index contributed by atoms with van der Waals surface area (Å²) < 4.78 is 0.348. The van der Waals surface area contributed by atoms with E-state index in [1.165, 1.54) is 12.1 Å². The van der Waals surface area contributed by atoms with Crippen LogP contribution in [0.4, 0.5) is 0 Å². The van der Waals surface area contributed by atoms with E-state index >= 15 is 0 Å². The van der Waals surface area contributed by atoms with Gasteiger partial charge in [0.1, 0.15) is 5.75 Å². The normalized spacial score (nSPS) is 12.5. The summed E-state index contributed by atoms with van der Waals surface area (Å²) in [4.78, 5) is 10.8. The summed E-state index contributed by atoms with van der Waals surface area (Å²) in [6.45, 7) is 1.87. The lowest BCUT2D eigenvalue weighted by Crippen LogP contribution is -2.10. The van der Waals surface area contributed by atoms with Crippen LogP contribution in [0, 0.1) is 0 Å². The first-order valence-corrected chi connectivity index (χ1v) is 5.28. The third kappa shape index (κ3) is 2.49. The summed E-state index contributed by atoms with van der Waals surface area (Å²) >= 11 is 3.09. The molecule has 15 heavy (non-hydrogen) atoms. The van der Waals surface area contributed by atoms with Crippen LogP contribution < -0.4 is 5.73 Å². The van der Waals surface area contributed by atoms with E-state index < -0.39 is 5.97 Å². The number of hydrogen-bond acceptors (Lipinski definition) is 3. The number of carboxylic acid groups (broad SMARTS) is 1. The fraction of sp³-hybridized carbons (Fsp3) is 0.300. The number of hydrogen-bond donors (Lipinski definition) is 3. The summed E-state index contributed by atoms with van der Waals surface area (Å²) in [6.07, 6.45) is 0.628. The van der Waals surface area contributed by atoms with E-state index in [1.54, 1.807) is 0 Å². The molecule has 0 aliphatic rings. The molecule has 0 aromatic heterocycles. The van der Waals surface area contributed by atoms with Crippen molar-refractivity contribution in [3.8, 4) is 5.75 Å². The lowest BCUT2D eigenvalue weighted by atomic mass is 10.0. The summed E-state index contributed by atoms with van der Waals surface area (Å²) in [5.74, 6) is -1.03. The van der Waals surface area contributed by atoms with Gasteiger partial charge in [-0.3, -0.25) is 0 Å². The fourth-order valence-electron chi connectivity index (χ4n) is 1.25. The molecule has 0 aliphatic heterocycles. The monoisotopic (exact) mass is 273 g/mol. The summed E-state index contributed by atoms with van der Waals surface area (Å²) in [5.41, 5.74) is 6.32. The van der Waals surface area contributed by atoms with Crippen molar-refractivity contribution in [2.75, 3.05) is 0 Å². The van der Waals surface area contributed by atoms with Crippen molar-refractivity contribution in [2.45, 2.75) is 19.4 Å². The van der Waals surface area contributed by atoms with Gasteiger partial charge in [0.2, 0.25) is 0 Å². The molecule has 0 saturated carbocycles. The van der Waals surface area contributed by atoms with Gasteiger partial charge in [-0.2, -0.15) is 0 Å². The van der Waals surface area contributed by atoms with Crippen molar-refractivity contribution in [1.82, 2.24) is 0 Å². The van der Waals surface area contributed by atoms with Crippen LogP contribution in [0.1, 0.15) is 35.3 Å². The van der Waals surface area contributed by atoms with E-state index in [9.17, 15) is 9.90 Å². The topological polar surface area (TPSA) is 83.6 Å². The third-order valence-corrected chi connectivity index (χ3v) is 2.78. The van der Waals surface area contributed by atoms with E-state index in [2.05, 4.69) is 15.9 Å². The summed E-state index contributed by atoms with van der Waals surface area (Å²) in [7, 11) is 0. The van der Waals surface area contributed by atoms with Crippen LogP contribution in [-0.2, 0) is 0 Å². The van der Waals surface area contributed by atoms with Gasteiger partial charge in [0.15, 0.2) is 0 Å². The van der Waals surface area contributed by atoms with Crippen molar-refractivity contribution in [3.05, 3.63) is 27.7 Å². The molecule has 0 heterocycles. The number of nitrogens with two attached hydrogens (primary N) is 1. The molecular weight excluding hydrogens is 262 g/mol. The van der Waals surface area contributed by atoms with Gasteiger partial charge in [0.25, 0.3) is 0 Å². The number of phenols is 1. The van der Waals surface area contributed by atoms with Crippen molar-refractivity contribution < 1.29 is 15.0 Å². The zero-order chi connectivity index (χ0) is 11.6. The zero-order valence-electron chi connectivity index (χ0n) is 8.20. The standard InChI is InChI=1S/C10H12BrNO3/c1-2-8(12)6-3-5(10(14)15)4-7(11)9(6)13/h3-4,8,13H,2,12H2,1H3,(H,14,15)/t8-/m1/s1. The molecular formula is C10H12BrNO3. The van der Waals surface area contributed by atoms with Gasteiger partial charge in [-0.25, -0.2) is 4.79 Å². The minimum absolute atomic E-state index is 0.00866. The molecule has 1 aromatic rings. The molecule has 4 N–H and O–H groups in total. The van der Waals surface area contributed by atoms with Crippen LogP contribution in [0.3, 0.4) is 0 Å². The van der Waals surface area contributed by atoms with E-state index in [0.29, 0.717) is 16.5 Å². The van der Waals surface area contributed by atoms with Gasteiger partial charge in [-0.15, -0.1) is 0 Å². The Morgan fingerprint density at radius 2 is 2.20 bits per heavy atom.